The van der Waals surface area contributed by atoms with E-state index in [1.807, 2.05) is 0 Å². The van der Waals surface area contributed by atoms with Crippen LogP contribution in [-0.4, -0.2) is 64.7 Å². The number of carbonyl (C=O) groups is 3. The van der Waals surface area contributed by atoms with Gasteiger partial charge in [0.15, 0.2) is 0 Å². The number of non-ortho nitro benzene ring substituents is 1. The van der Waals surface area contributed by atoms with Crippen molar-refractivity contribution in [3.8, 4) is 0 Å². The average molecular weight is 478 g/mol. The molecule has 1 fully saturated rings. The molecule has 1 saturated heterocycles. The molecule has 0 radical (unpaired) electrons. The highest BCUT2D eigenvalue weighted by molar-refractivity contribution is 5.98. The zero-order valence-corrected chi connectivity index (χ0v) is 18.0. The number of halogens is 3. The maximum Gasteiger partial charge on any atom is 0.416 e. The van der Waals surface area contributed by atoms with Crippen LogP contribution in [0.15, 0.2) is 48.5 Å². The summed E-state index contributed by atoms with van der Waals surface area (Å²) >= 11 is 0. The van der Waals surface area contributed by atoms with Crippen LogP contribution in [0.2, 0.25) is 0 Å². The van der Waals surface area contributed by atoms with Gasteiger partial charge in [0, 0.05) is 49.4 Å². The molecule has 0 spiro atoms. The van der Waals surface area contributed by atoms with Gasteiger partial charge in [0.1, 0.15) is 6.04 Å². The van der Waals surface area contributed by atoms with Gasteiger partial charge >= 0.3 is 6.18 Å². The number of rotatable bonds is 5. The van der Waals surface area contributed by atoms with Crippen LogP contribution in [-0.2, 0) is 11.0 Å². The number of amides is 3. The van der Waals surface area contributed by atoms with Crippen molar-refractivity contribution in [2.75, 3.05) is 26.2 Å². The number of piperazine rings is 1. The Morgan fingerprint density at radius 1 is 0.971 bits per heavy atom. The third-order valence-corrected chi connectivity index (χ3v) is 5.37. The molecule has 1 atom stereocenters. The van der Waals surface area contributed by atoms with Crippen LogP contribution in [0.4, 0.5) is 18.9 Å². The van der Waals surface area contributed by atoms with Crippen molar-refractivity contribution in [3.63, 3.8) is 0 Å². The van der Waals surface area contributed by atoms with Crippen LogP contribution in [0.25, 0.3) is 0 Å². The molecule has 1 heterocycles. The zero-order valence-electron chi connectivity index (χ0n) is 18.0. The van der Waals surface area contributed by atoms with Crippen molar-refractivity contribution in [2.24, 2.45) is 0 Å². The summed E-state index contributed by atoms with van der Waals surface area (Å²) in [6, 6.07) is 8.14. The normalized spacial score (nSPS) is 14.9. The third-order valence-electron chi connectivity index (χ3n) is 5.37. The Bertz CT molecular complexity index is 1100. The summed E-state index contributed by atoms with van der Waals surface area (Å²) in [7, 11) is 0. The largest absolute Gasteiger partial charge is 0.416 e. The van der Waals surface area contributed by atoms with Gasteiger partial charge in [0.2, 0.25) is 5.91 Å². The molecule has 0 aliphatic carbocycles. The molecule has 1 unspecified atom stereocenters. The number of nitrogens with one attached hydrogen (secondary N) is 1. The van der Waals surface area contributed by atoms with E-state index in [4.69, 9.17) is 0 Å². The quantitative estimate of drug-likeness (QED) is 0.525. The molecule has 3 rings (SSSR count). The maximum atomic E-state index is 12.7. The van der Waals surface area contributed by atoms with Crippen LogP contribution in [0.5, 0.6) is 0 Å². The van der Waals surface area contributed by atoms with Gasteiger partial charge in [-0.15, -0.1) is 0 Å². The Kier molecular flexibility index (Phi) is 7.18. The van der Waals surface area contributed by atoms with E-state index in [9.17, 15) is 37.7 Å². The second-order valence-electron chi connectivity index (χ2n) is 7.70. The van der Waals surface area contributed by atoms with Gasteiger partial charge in [-0.25, -0.2) is 0 Å². The summed E-state index contributed by atoms with van der Waals surface area (Å²) in [6.07, 6.45) is -4.49. The summed E-state index contributed by atoms with van der Waals surface area (Å²) in [4.78, 5) is 50.8. The Morgan fingerprint density at radius 2 is 1.56 bits per heavy atom. The van der Waals surface area contributed by atoms with E-state index in [1.165, 1.54) is 34.9 Å². The molecule has 1 aliphatic heterocycles. The molecule has 34 heavy (non-hydrogen) atoms. The minimum Gasteiger partial charge on any atom is -0.341 e. The molecular weight excluding hydrogens is 457 g/mol. The molecule has 3 amide bonds. The molecule has 2 aromatic rings. The van der Waals surface area contributed by atoms with Crippen LogP contribution in [0.3, 0.4) is 0 Å². The fourth-order valence-electron chi connectivity index (χ4n) is 3.49. The highest BCUT2D eigenvalue weighted by atomic mass is 19.4. The van der Waals surface area contributed by atoms with Crippen LogP contribution in [0, 0.1) is 10.1 Å². The number of benzene rings is 2. The summed E-state index contributed by atoms with van der Waals surface area (Å²) in [5.41, 5.74) is -0.938. The van der Waals surface area contributed by atoms with E-state index in [-0.39, 0.29) is 48.9 Å². The van der Waals surface area contributed by atoms with Crippen molar-refractivity contribution in [1.82, 2.24) is 15.1 Å². The van der Waals surface area contributed by atoms with Crippen molar-refractivity contribution in [1.29, 1.82) is 0 Å². The van der Waals surface area contributed by atoms with Crippen LogP contribution in [0.1, 0.15) is 33.2 Å². The van der Waals surface area contributed by atoms with Gasteiger partial charge in [-0.1, -0.05) is 6.07 Å². The number of carbonyl (C=O) groups excluding carboxylic acids is 3. The van der Waals surface area contributed by atoms with E-state index in [0.29, 0.717) is 0 Å². The molecule has 0 saturated carbocycles. The average Bonchev–Trinajstić information content (AvgIpc) is 2.82. The van der Waals surface area contributed by atoms with Gasteiger partial charge in [0.25, 0.3) is 17.5 Å². The molecule has 2 aromatic carbocycles. The first-order valence-electron chi connectivity index (χ1n) is 10.3. The van der Waals surface area contributed by atoms with Crippen molar-refractivity contribution in [3.05, 3.63) is 75.3 Å². The fraction of sp³-hybridized carbons (Fsp3) is 0.318. The molecule has 1 N–H and O–H groups in total. The highest BCUT2D eigenvalue weighted by Crippen LogP contribution is 2.29. The number of nitro groups is 1. The first-order valence-corrected chi connectivity index (χ1v) is 10.3. The van der Waals surface area contributed by atoms with E-state index in [2.05, 4.69) is 5.32 Å². The Morgan fingerprint density at radius 3 is 2.12 bits per heavy atom. The first-order chi connectivity index (χ1) is 16.0. The predicted octanol–water partition coefficient (Wildman–Crippen LogP) is 2.72. The SMILES string of the molecule is CC(NC(=O)c1cccc([N+](=O)[O-])c1)C(=O)N1CCN(C(=O)c2ccc(C(F)(F)F)cc2)CC1. The van der Waals surface area contributed by atoms with Crippen molar-refractivity contribution < 1.29 is 32.5 Å². The van der Waals surface area contributed by atoms with Gasteiger partial charge in [-0.2, -0.15) is 13.2 Å². The lowest BCUT2D eigenvalue weighted by atomic mass is 10.1. The second-order valence-corrected chi connectivity index (χ2v) is 7.70. The minimum atomic E-state index is -4.49. The fourth-order valence-corrected chi connectivity index (χ4v) is 3.49. The highest BCUT2D eigenvalue weighted by Gasteiger charge is 2.31. The van der Waals surface area contributed by atoms with E-state index in [0.717, 1.165) is 30.3 Å². The van der Waals surface area contributed by atoms with Gasteiger partial charge < -0.3 is 15.1 Å². The Labute approximate surface area is 192 Å². The monoisotopic (exact) mass is 478 g/mol. The number of hydrogen-bond donors (Lipinski definition) is 1. The molecule has 0 aromatic heterocycles. The van der Waals surface area contributed by atoms with E-state index >= 15 is 0 Å². The van der Waals surface area contributed by atoms with Gasteiger partial charge in [-0.3, -0.25) is 24.5 Å². The Balaban J connectivity index is 1.54. The number of hydrogen-bond acceptors (Lipinski definition) is 5. The van der Waals surface area contributed by atoms with Gasteiger partial charge in [-0.05, 0) is 37.3 Å². The number of nitrogens with zero attached hydrogens (tertiary/aromatic N) is 3. The lowest BCUT2D eigenvalue weighted by molar-refractivity contribution is -0.384. The first kappa shape index (κ1) is 24.7. The maximum absolute atomic E-state index is 12.7. The van der Waals surface area contributed by atoms with Crippen molar-refractivity contribution in [2.45, 2.75) is 19.1 Å². The van der Waals surface area contributed by atoms with E-state index < -0.39 is 34.5 Å². The summed E-state index contributed by atoms with van der Waals surface area (Å²) in [5.74, 6) is -1.46. The minimum absolute atomic E-state index is 0.0424. The molecule has 180 valence electrons. The third kappa shape index (κ3) is 5.69. The molecule has 12 heteroatoms. The smallest absolute Gasteiger partial charge is 0.341 e. The summed E-state index contributed by atoms with van der Waals surface area (Å²) < 4.78 is 38.1. The lowest BCUT2D eigenvalue weighted by Gasteiger charge is -2.36. The number of nitro benzene ring substituents is 1. The zero-order chi connectivity index (χ0) is 25.0. The molecular formula is C22H21F3N4O5. The van der Waals surface area contributed by atoms with E-state index in [1.54, 1.807) is 0 Å². The standard InChI is InChI=1S/C22H21F3N4O5/c1-14(26-19(30)16-3-2-4-18(13-16)29(33)34)20(31)27-9-11-28(12-10-27)21(32)15-5-7-17(8-6-15)22(23,24)25/h2-8,13-14H,9-12H2,1H3,(H,26,30). The lowest BCUT2D eigenvalue weighted by Crippen LogP contribution is -2.55. The van der Waals surface area contributed by atoms with Gasteiger partial charge in [0.05, 0.1) is 10.5 Å². The number of alkyl halides is 3. The summed E-state index contributed by atoms with van der Waals surface area (Å²) in [6.45, 7) is 2.20. The summed E-state index contributed by atoms with van der Waals surface area (Å²) in [5, 5.41) is 13.4. The Hall–Kier alpha value is -3.96. The van der Waals surface area contributed by atoms with Crippen molar-refractivity contribution >= 4 is 23.4 Å². The van der Waals surface area contributed by atoms with Crippen LogP contribution < -0.4 is 5.32 Å². The second kappa shape index (κ2) is 9.89. The molecule has 0 bridgehead atoms. The van der Waals surface area contributed by atoms with Crippen LogP contribution >= 0.6 is 0 Å². The topological polar surface area (TPSA) is 113 Å². The predicted molar refractivity (Wildman–Crippen MR) is 114 cm³/mol. The molecule has 1 aliphatic rings. The molecule has 9 nitrogen and oxygen atoms in total.